The smallest absolute Gasteiger partial charge is 0.220 e. The number of aromatic nitrogens is 4. The molecule has 29 heavy (non-hydrogen) atoms. The molecule has 156 valence electrons. The fourth-order valence-electron chi connectivity index (χ4n) is 5.53. The van der Waals surface area contributed by atoms with Gasteiger partial charge in [-0.05, 0) is 37.5 Å². The van der Waals surface area contributed by atoms with E-state index in [4.69, 9.17) is 0 Å². The highest BCUT2D eigenvalue weighted by Gasteiger charge is 2.44. The number of rotatable bonds is 5. The summed E-state index contributed by atoms with van der Waals surface area (Å²) in [4.78, 5) is 25.1. The molecule has 0 spiro atoms. The van der Waals surface area contributed by atoms with E-state index in [0.29, 0.717) is 36.0 Å². The molecule has 1 amide bonds. The van der Waals surface area contributed by atoms with Crippen LogP contribution >= 0.6 is 0 Å². The number of hydrogen-bond donors (Lipinski definition) is 4. The normalized spacial score (nSPS) is 36.0. The maximum absolute atomic E-state index is 11.7. The van der Waals surface area contributed by atoms with Gasteiger partial charge in [0.15, 0.2) is 11.5 Å². The van der Waals surface area contributed by atoms with Crippen molar-refractivity contribution in [1.29, 1.82) is 0 Å². The van der Waals surface area contributed by atoms with Gasteiger partial charge in [0.1, 0.15) is 24.1 Å². The Labute approximate surface area is 168 Å². The molecule has 2 heterocycles. The molecule has 3 saturated carbocycles. The first kappa shape index (κ1) is 18.7. The maximum atomic E-state index is 11.7. The zero-order valence-corrected chi connectivity index (χ0v) is 16.5. The van der Waals surface area contributed by atoms with Gasteiger partial charge in [-0.2, -0.15) is 0 Å². The molecule has 0 saturated heterocycles. The van der Waals surface area contributed by atoms with Crippen molar-refractivity contribution in [3.8, 4) is 0 Å². The van der Waals surface area contributed by atoms with E-state index in [1.807, 2.05) is 0 Å². The number of nitrogens with one attached hydrogen (secondary N) is 2. The van der Waals surface area contributed by atoms with Gasteiger partial charge in [0.2, 0.25) is 5.91 Å². The molecule has 7 atom stereocenters. The van der Waals surface area contributed by atoms with Crippen molar-refractivity contribution in [3.05, 3.63) is 12.7 Å². The molecule has 3 aliphatic rings. The number of amides is 1. The number of carbonyl (C=O) groups excluding carboxylic acids is 1. The number of fused-ring (bicyclic) bond motifs is 3. The van der Waals surface area contributed by atoms with E-state index in [1.54, 1.807) is 17.8 Å². The number of anilines is 1. The van der Waals surface area contributed by atoms with Gasteiger partial charge in [-0.15, -0.1) is 0 Å². The Morgan fingerprint density at radius 2 is 2.00 bits per heavy atom. The van der Waals surface area contributed by atoms with Crippen LogP contribution in [-0.4, -0.2) is 59.9 Å². The molecule has 5 rings (SSSR count). The molecule has 2 aromatic heterocycles. The zero-order valence-electron chi connectivity index (χ0n) is 16.5. The molecule has 4 N–H and O–H groups in total. The highest BCUT2D eigenvalue weighted by atomic mass is 16.3. The third-order valence-corrected chi connectivity index (χ3v) is 7.10. The minimum Gasteiger partial charge on any atom is -0.388 e. The number of aliphatic hydroxyl groups excluding tert-OH is 2. The standard InChI is InChI=1S/C20H28N6O3/c1-2-15(27)24-13-7-14(18(29)17(13)28)26-9-23-16-19(21-8-22-20(16)26)25-12-6-10-3-4-11(12)5-10/h8-14,17-18,28-29H,2-7H2,1H3,(H,24,27)(H,21,22,25)/t10-,11+,12+,13?,14-,17-,18+/m1/s1. The Kier molecular flexibility index (Phi) is 4.66. The molecule has 2 aromatic rings. The first-order valence-electron chi connectivity index (χ1n) is 10.6. The zero-order chi connectivity index (χ0) is 20.1. The number of nitrogens with zero attached hydrogens (tertiary/aromatic N) is 4. The van der Waals surface area contributed by atoms with Gasteiger partial charge >= 0.3 is 0 Å². The van der Waals surface area contributed by atoms with E-state index in [9.17, 15) is 15.0 Å². The Morgan fingerprint density at radius 3 is 2.72 bits per heavy atom. The molecule has 9 heteroatoms. The van der Waals surface area contributed by atoms with Gasteiger partial charge in [0.25, 0.3) is 0 Å². The fourth-order valence-corrected chi connectivity index (χ4v) is 5.53. The Bertz CT molecular complexity index is 917. The summed E-state index contributed by atoms with van der Waals surface area (Å²) in [5.41, 5.74) is 1.31. The molecular weight excluding hydrogens is 372 g/mol. The minimum atomic E-state index is -1.03. The van der Waals surface area contributed by atoms with E-state index in [-0.39, 0.29) is 5.91 Å². The largest absolute Gasteiger partial charge is 0.388 e. The van der Waals surface area contributed by atoms with Crippen LogP contribution in [-0.2, 0) is 4.79 Å². The van der Waals surface area contributed by atoms with Crippen molar-refractivity contribution in [2.24, 2.45) is 11.8 Å². The lowest BCUT2D eigenvalue weighted by atomic mass is 9.95. The molecule has 0 aromatic carbocycles. The van der Waals surface area contributed by atoms with Crippen LogP contribution in [0.4, 0.5) is 5.82 Å². The second-order valence-corrected chi connectivity index (χ2v) is 8.78. The summed E-state index contributed by atoms with van der Waals surface area (Å²) in [6.45, 7) is 1.76. The molecule has 9 nitrogen and oxygen atoms in total. The Balaban J connectivity index is 1.39. The summed E-state index contributed by atoms with van der Waals surface area (Å²) < 4.78 is 1.80. The number of carbonyl (C=O) groups is 1. The second-order valence-electron chi connectivity index (χ2n) is 8.78. The quantitative estimate of drug-likeness (QED) is 0.590. The van der Waals surface area contributed by atoms with E-state index < -0.39 is 24.3 Å². The summed E-state index contributed by atoms with van der Waals surface area (Å²) >= 11 is 0. The highest BCUT2D eigenvalue weighted by Crippen LogP contribution is 2.45. The van der Waals surface area contributed by atoms with Crippen LogP contribution in [0, 0.1) is 11.8 Å². The van der Waals surface area contributed by atoms with Crippen molar-refractivity contribution in [3.63, 3.8) is 0 Å². The van der Waals surface area contributed by atoms with Crippen LogP contribution in [0.15, 0.2) is 12.7 Å². The van der Waals surface area contributed by atoms with E-state index >= 15 is 0 Å². The lowest BCUT2D eigenvalue weighted by Gasteiger charge is -2.23. The number of aliphatic hydroxyl groups is 2. The Morgan fingerprint density at radius 1 is 1.14 bits per heavy atom. The lowest BCUT2D eigenvalue weighted by Crippen LogP contribution is -2.42. The Hall–Kier alpha value is -2.26. The van der Waals surface area contributed by atoms with Crippen LogP contribution in [0.25, 0.3) is 11.2 Å². The summed E-state index contributed by atoms with van der Waals surface area (Å²) in [5.74, 6) is 2.13. The average Bonchev–Trinajstić information content (AvgIpc) is 3.49. The average molecular weight is 400 g/mol. The van der Waals surface area contributed by atoms with Gasteiger partial charge < -0.3 is 25.4 Å². The van der Waals surface area contributed by atoms with E-state index in [1.165, 1.54) is 32.0 Å². The minimum absolute atomic E-state index is 0.142. The maximum Gasteiger partial charge on any atom is 0.220 e. The first-order valence-corrected chi connectivity index (χ1v) is 10.6. The van der Waals surface area contributed by atoms with Crippen molar-refractivity contribution in [1.82, 2.24) is 24.8 Å². The van der Waals surface area contributed by atoms with Crippen LogP contribution < -0.4 is 10.6 Å². The molecule has 0 radical (unpaired) electrons. The van der Waals surface area contributed by atoms with Crippen molar-refractivity contribution >= 4 is 22.9 Å². The second kappa shape index (κ2) is 7.21. The summed E-state index contributed by atoms with van der Waals surface area (Å²) in [6, 6.07) is -0.472. The predicted molar refractivity (Wildman–Crippen MR) is 106 cm³/mol. The third-order valence-electron chi connectivity index (χ3n) is 7.10. The van der Waals surface area contributed by atoms with Gasteiger partial charge in [0.05, 0.1) is 18.4 Å². The van der Waals surface area contributed by atoms with Crippen molar-refractivity contribution in [2.75, 3.05) is 5.32 Å². The molecular formula is C20H28N6O3. The monoisotopic (exact) mass is 400 g/mol. The molecule has 3 aliphatic carbocycles. The first-order chi connectivity index (χ1) is 14.0. The van der Waals surface area contributed by atoms with Crippen molar-refractivity contribution < 1.29 is 15.0 Å². The SMILES string of the molecule is CCC(=O)NC1C[C@@H](n2cnc3c(N[C@H]4C[C@@H]5CC[C@H]4C5)ncnc32)[C@H](O)[C@@H]1O. The lowest BCUT2D eigenvalue weighted by molar-refractivity contribution is -0.122. The van der Waals surface area contributed by atoms with E-state index in [0.717, 1.165) is 11.7 Å². The molecule has 0 aliphatic heterocycles. The van der Waals surface area contributed by atoms with Crippen LogP contribution in [0.3, 0.4) is 0 Å². The fraction of sp³-hybridized carbons (Fsp3) is 0.700. The topological polar surface area (TPSA) is 125 Å². The van der Waals surface area contributed by atoms with Gasteiger partial charge in [-0.1, -0.05) is 13.3 Å². The molecule has 2 bridgehead atoms. The van der Waals surface area contributed by atoms with Crippen LogP contribution in [0.5, 0.6) is 0 Å². The van der Waals surface area contributed by atoms with E-state index in [2.05, 4.69) is 25.6 Å². The summed E-state index contributed by atoms with van der Waals surface area (Å²) in [7, 11) is 0. The summed E-state index contributed by atoms with van der Waals surface area (Å²) in [6.07, 6.45) is 6.99. The number of hydrogen-bond acceptors (Lipinski definition) is 7. The third kappa shape index (κ3) is 3.16. The van der Waals surface area contributed by atoms with Crippen LogP contribution in [0.1, 0.15) is 51.5 Å². The number of imidazole rings is 1. The van der Waals surface area contributed by atoms with Gasteiger partial charge in [-0.25, -0.2) is 15.0 Å². The highest BCUT2D eigenvalue weighted by molar-refractivity contribution is 5.83. The van der Waals surface area contributed by atoms with Gasteiger partial charge in [-0.3, -0.25) is 4.79 Å². The summed E-state index contributed by atoms with van der Waals surface area (Å²) in [5, 5.41) is 27.4. The van der Waals surface area contributed by atoms with Gasteiger partial charge in [0, 0.05) is 12.5 Å². The molecule has 1 unspecified atom stereocenters. The van der Waals surface area contributed by atoms with Crippen molar-refractivity contribution in [2.45, 2.75) is 75.8 Å². The molecule has 3 fully saturated rings. The predicted octanol–water partition coefficient (Wildman–Crippen LogP) is 0.988. The van der Waals surface area contributed by atoms with Crippen LogP contribution in [0.2, 0.25) is 0 Å².